The van der Waals surface area contributed by atoms with Crippen LogP contribution in [0.15, 0.2) is 23.1 Å². The van der Waals surface area contributed by atoms with Gasteiger partial charge in [0.15, 0.2) is 0 Å². The number of anilines is 1. The average molecular weight is 268 g/mol. The number of benzene rings is 1. The zero-order valence-corrected chi connectivity index (χ0v) is 10.5. The van der Waals surface area contributed by atoms with Crippen molar-refractivity contribution in [3.63, 3.8) is 0 Å². The number of carbonyl (C=O) groups excluding carboxylic acids is 1. The molecule has 1 N–H and O–H groups in total. The van der Waals surface area contributed by atoms with Gasteiger partial charge in [0.05, 0.1) is 24.9 Å². The zero-order chi connectivity index (χ0) is 12.9. The van der Waals surface area contributed by atoms with Crippen LogP contribution < -0.4 is 5.32 Å². The summed E-state index contributed by atoms with van der Waals surface area (Å²) in [7, 11) is -3.77. The van der Waals surface area contributed by atoms with Crippen molar-refractivity contribution in [3.05, 3.63) is 23.8 Å². The summed E-state index contributed by atoms with van der Waals surface area (Å²) in [5, 5.41) is 2.61. The molecule has 0 spiro atoms. The molecule has 0 unspecified atom stereocenters. The Morgan fingerprint density at radius 3 is 2.72 bits per heavy atom. The van der Waals surface area contributed by atoms with Gasteiger partial charge in [-0.2, -0.15) is 0 Å². The van der Waals surface area contributed by atoms with Crippen LogP contribution >= 0.6 is 0 Å². The third kappa shape index (κ3) is 1.51. The first-order valence-corrected chi connectivity index (χ1v) is 6.98. The summed E-state index contributed by atoms with van der Waals surface area (Å²) in [4.78, 5) is 12.0. The number of hydrogen-bond acceptors (Lipinski definition) is 4. The second kappa shape index (κ2) is 3.69. The molecule has 0 bridgehead atoms. The highest BCUT2D eigenvalue weighted by Crippen LogP contribution is 2.33. The highest BCUT2D eigenvalue weighted by atomic mass is 32.2. The monoisotopic (exact) mass is 268 g/mol. The first-order valence-electron chi connectivity index (χ1n) is 5.54. The van der Waals surface area contributed by atoms with Crippen LogP contribution in [-0.4, -0.2) is 38.0 Å². The first kappa shape index (κ1) is 11.5. The third-order valence-electron chi connectivity index (χ3n) is 3.07. The molecule has 2 aliphatic heterocycles. The maximum atomic E-state index is 12.4. The van der Waals surface area contributed by atoms with Crippen molar-refractivity contribution in [1.29, 1.82) is 0 Å². The van der Waals surface area contributed by atoms with Crippen LogP contribution in [0.4, 0.5) is 10.5 Å². The highest BCUT2D eigenvalue weighted by Gasteiger charge is 2.43. The van der Waals surface area contributed by atoms with E-state index in [0.717, 1.165) is 9.87 Å². The van der Waals surface area contributed by atoms with E-state index in [2.05, 4.69) is 5.32 Å². The molecule has 7 heteroatoms. The normalized spacial score (nSPS) is 22.1. The maximum Gasteiger partial charge on any atom is 0.336 e. The fourth-order valence-electron chi connectivity index (χ4n) is 2.07. The Balaban J connectivity index is 2.13. The molecule has 0 atom stereocenters. The van der Waals surface area contributed by atoms with Gasteiger partial charge < -0.3 is 10.1 Å². The van der Waals surface area contributed by atoms with Crippen LogP contribution in [0.3, 0.4) is 0 Å². The first-order chi connectivity index (χ1) is 8.50. The molecule has 6 nitrogen and oxygen atoms in total. The lowest BCUT2D eigenvalue weighted by molar-refractivity contribution is -0.0253. The summed E-state index contributed by atoms with van der Waals surface area (Å²) in [5.41, 5.74) is 1.24. The Kier molecular flexibility index (Phi) is 2.36. The number of fused-ring (bicyclic) bond motifs is 1. The van der Waals surface area contributed by atoms with E-state index in [4.69, 9.17) is 4.74 Å². The van der Waals surface area contributed by atoms with Gasteiger partial charge in [-0.25, -0.2) is 17.5 Å². The molecule has 2 aliphatic rings. The lowest BCUT2D eigenvalue weighted by Crippen LogP contribution is -2.57. The van der Waals surface area contributed by atoms with Crippen LogP contribution in [0.5, 0.6) is 0 Å². The summed E-state index contributed by atoms with van der Waals surface area (Å²) >= 11 is 0. The van der Waals surface area contributed by atoms with Gasteiger partial charge >= 0.3 is 6.03 Å². The van der Waals surface area contributed by atoms with Crippen molar-refractivity contribution in [2.24, 2.45) is 0 Å². The van der Waals surface area contributed by atoms with Gasteiger partial charge in [0.25, 0.3) is 10.0 Å². The van der Waals surface area contributed by atoms with Crippen molar-refractivity contribution < 1.29 is 17.9 Å². The molecule has 2 heterocycles. The molecule has 18 heavy (non-hydrogen) atoms. The Morgan fingerprint density at radius 2 is 2.11 bits per heavy atom. The van der Waals surface area contributed by atoms with E-state index in [1.54, 1.807) is 12.1 Å². The minimum atomic E-state index is -3.77. The number of urea groups is 1. The van der Waals surface area contributed by atoms with Crippen molar-refractivity contribution in [2.45, 2.75) is 17.9 Å². The molecule has 2 amide bonds. The van der Waals surface area contributed by atoms with E-state index in [0.29, 0.717) is 5.69 Å². The number of aryl methyl sites for hydroxylation is 1. The van der Waals surface area contributed by atoms with Gasteiger partial charge in [-0.15, -0.1) is 0 Å². The van der Waals surface area contributed by atoms with E-state index in [1.165, 1.54) is 6.07 Å². The number of ether oxygens (including phenoxy) is 1. The Labute approximate surface area is 105 Å². The summed E-state index contributed by atoms with van der Waals surface area (Å²) in [6.45, 7) is 2.35. The summed E-state index contributed by atoms with van der Waals surface area (Å²) in [5.74, 6) is 0. The molecule has 1 fully saturated rings. The van der Waals surface area contributed by atoms with Crippen LogP contribution in [0, 0.1) is 6.92 Å². The van der Waals surface area contributed by atoms with E-state index in [-0.39, 0.29) is 18.1 Å². The molecule has 96 valence electrons. The van der Waals surface area contributed by atoms with E-state index in [1.807, 2.05) is 6.92 Å². The number of carbonyl (C=O) groups is 1. The Morgan fingerprint density at radius 1 is 1.39 bits per heavy atom. The molecule has 0 aliphatic carbocycles. The van der Waals surface area contributed by atoms with Crippen LogP contribution in [0.2, 0.25) is 0 Å². The molecular weight excluding hydrogens is 256 g/mol. The number of hydrogen-bond donors (Lipinski definition) is 1. The number of rotatable bonds is 1. The standard InChI is InChI=1S/C11H12N2O4S/c1-7-2-3-10-9(4-7)12-11(14)13(18(10,15)16)8-5-17-6-8/h2-4,8H,5-6H2,1H3,(H,12,14). The molecule has 3 rings (SSSR count). The van der Waals surface area contributed by atoms with Crippen molar-refractivity contribution in [2.75, 3.05) is 18.5 Å². The molecular formula is C11H12N2O4S. The number of amides is 2. The quantitative estimate of drug-likeness (QED) is 0.822. The Hall–Kier alpha value is -1.60. The second-order valence-corrected chi connectivity index (χ2v) is 6.21. The summed E-state index contributed by atoms with van der Waals surface area (Å²) in [6.07, 6.45) is 0. The fraction of sp³-hybridized carbons (Fsp3) is 0.364. The van der Waals surface area contributed by atoms with E-state index < -0.39 is 22.1 Å². The number of sulfonamides is 1. The summed E-state index contributed by atoms with van der Waals surface area (Å²) in [6, 6.07) is 3.88. The topological polar surface area (TPSA) is 75.7 Å². The van der Waals surface area contributed by atoms with Crippen LogP contribution in [-0.2, 0) is 14.8 Å². The largest absolute Gasteiger partial charge is 0.377 e. The summed E-state index contributed by atoms with van der Waals surface area (Å²) < 4.78 is 30.6. The molecule has 0 saturated carbocycles. The third-order valence-corrected chi connectivity index (χ3v) is 4.96. The number of nitrogens with one attached hydrogen (secondary N) is 1. The molecule has 0 aromatic heterocycles. The zero-order valence-electron chi connectivity index (χ0n) is 9.71. The van der Waals surface area contributed by atoms with Gasteiger partial charge in [-0.05, 0) is 24.6 Å². The maximum absolute atomic E-state index is 12.4. The fourth-order valence-corrected chi connectivity index (χ4v) is 3.69. The highest BCUT2D eigenvalue weighted by molar-refractivity contribution is 7.90. The molecule has 1 aromatic carbocycles. The average Bonchev–Trinajstić information content (AvgIpc) is 2.20. The van der Waals surface area contributed by atoms with Crippen molar-refractivity contribution in [1.82, 2.24) is 4.31 Å². The molecule has 1 aromatic rings. The second-order valence-electron chi connectivity index (χ2n) is 4.42. The van der Waals surface area contributed by atoms with Crippen LogP contribution in [0.1, 0.15) is 5.56 Å². The van der Waals surface area contributed by atoms with Gasteiger partial charge in [0.1, 0.15) is 4.90 Å². The lowest BCUT2D eigenvalue weighted by atomic mass is 10.2. The van der Waals surface area contributed by atoms with E-state index in [9.17, 15) is 13.2 Å². The minimum Gasteiger partial charge on any atom is -0.377 e. The predicted octanol–water partition coefficient (Wildman–Crippen LogP) is 0.930. The smallest absolute Gasteiger partial charge is 0.336 e. The lowest BCUT2D eigenvalue weighted by Gasteiger charge is -2.38. The molecule has 1 saturated heterocycles. The Bertz CT molecular complexity index is 622. The van der Waals surface area contributed by atoms with Gasteiger partial charge in [0.2, 0.25) is 0 Å². The SMILES string of the molecule is Cc1ccc2c(c1)NC(=O)N(C1COC1)S2(=O)=O. The van der Waals surface area contributed by atoms with Crippen molar-refractivity contribution >= 4 is 21.7 Å². The van der Waals surface area contributed by atoms with Crippen molar-refractivity contribution in [3.8, 4) is 0 Å². The predicted molar refractivity (Wildman–Crippen MR) is 63.8 cm³/mol. The van der Waals surface area contributed by atoms with Gasteiger partial charge in [-0.3, -0.25) is 0 Å². The minimum absolute atomic E-state index is 0.139. The molecule has 0 radical (unpaired) electrons. The van der Waals surface area contributed by atoms with Gasteiger partial charge in [-0.1, -0.05) is 6.07 Å². The number of nitrogens with zero attached hydrogens (tertiary/aromatic N) is 1. The van der Waals surface area contributed by atoms with Crippen LogP contribution in [0.25, 0.3) is 0 Å². The van der Waals surface area contributed by atoms with E-state index >= 15 is 0 Å². The van der Waals surface area contributed by atoms with Gasteiger partial charge in [0, 0.05) is 0 Å².